The topological polar surface area (TPSA) is 26.0 Å². The maximum Gasteiger partial charge on any atom is 0.0563 e. The molecule has 0 saturated heterocycles. The van der Waals surface area contributed by atoms with Gasteiger partial charge in [-0.15, -0.1) is 12.8 Å². The van der Waals surface area contributed by atoms with E-state index < -0.39 is 0 Å². The summed E-state index contributed by atoms with van der Waals surface area (Å²) < 4.78 is 0. The van der Waals surface area contributed by atoms with Crippen molar-refractivity contribution in [3.8, 4) is 24.0 Å². The van der Waals surface area contributed by atoms with Gasteiger partial charge in [0.05, 0.1) is 6.04 Å². The molecule has 2 aromatic rings. The van der Waals surface area contributed by atoms with E-state index >= 15 is 0 Å². The lowest BCUT2D eigenvalue weighted by molar-refractivity contribution is 0.901. The Kier molecular flexibility index (Phi) is 2.76. The fourth-order valence-corrected chi connectivity index (χ4v) is 2.19. The highest BCUT2D eigenvalue weighted by Crippen LogP contribution is 2.41. The first-order chi connectivity index (χ1) is 7.88. The third-order valence-corrected chi connectivity index (χ3v) is 2.88. The Morgan fingerprint density at radius 1 is 0.750 bits per heavy atom. The molecular weight excluding hydrogens is 194 g/mol. The molecule has 0 bridgehead atoms. The molecule has 0 fully saturated rings. The van der Waals surface area contributed by atoms with Crippen LogP contribution in [0.25, 0.3) is 11.1 Å². The highest BCUT2D eigenvalue weighted by molar-refractivity contribution is 5.78. The number of fused-ring (bicyclic) bond motifs is 3. The summed E-state index contributed by atoms with van der Waals surface area (Å²) in [4.78, 5) is 0. The van der Waals surface area contributed by atoms with Crippen LogP contribution in [0.15, 0.2) is 48.5 Å². The molecule has 0 aliphatic heterocycles. The zero-order valence-corrected chi connectivity index (χ0v) is 8.93. The average molecular weight is 207 g/mol. The van der Waals surface area contributed by atoms with Gasteiger partial charge in [-0.3, -0.25) is 0 Å². The molecule has 0 radical (unpaired) electrons. The van der Waals surface area contributed by atoms with Crippen molar-refractivity contribution in [1.29, 1.82) is 0 Å². The third kappa shape index (κ3) is 1.41. The second kappa shape index (κ2) is 4.22. The normalized spacial score (nSPS) is 12.2. The molecule has 0 amide bonds. The van der Waals surface area contributed by atoms with E-state index in [4.69, 9.17) is 5.73 Å². The van der Waals surface area contributed by atoms with Crippen LogP contribution in [0.1, 0.15) is 17.2 Å². The van der Waals surface area contributed by atoms with Crippen LogP contribution in [0.5, 0.6) is 0 Å². The van der Waals surface area contributed by atoms with Crippen LogP contribution >= 0.6 is 0 Å². The molecule has 0 aromatic heterocycles. The van der Waals surface area contributed by atoms with Gasteiger partial charge in [0.2, 0.25) is 0 Å². The van der Waals surface area contributed by atoms with E-state index in [1.54, 1.807) is 0 Å². The second-order valence-corrected chi connectivity index (χ2v) is 3.65. The van der Waals surface area contributed by atoms with E-state index in [0.29, 0.717) is 0 Å². The summed E-state index contributed by atoms with van der Waals surface area (Å²) >= 11 is 0. The number of terminal acetylenes is 1. The van der Waals surface area contributed by atoms with Crippen LogP contribution in [-0.2, 0) is 0 Å². The zero-order valence-electron chi connectivity index (χ0n) is 8.93. The summed E-state index contributed by atoms with van der Waals surface area (Å²) in [6.45, 7) is 0. The first kappa shape index (κ1) is 10.5. The molecule has 1 nitrogen and oxygen atoms in total. The Balaban J connectivity index is 0.000000457. The van der Waals surface area contributed by atoms with E-state index in [0.717, 1.165) is 0 Å². The molecule has 16 heavy (non-hydrogen) atoms. The van der Waals surface area contributed by atoms with Crippen LogP contribution in [0.2, 0.25) is 0 Å². The fourth-order valence-electron chi connectivity index (χ4n) is 2.19. The van der Waals surface area contributed by atoms with Crippen molar-refractivity contribution in [2.24, 2.45) is 5.73 Å². The minimum atomic E-state index is 0.0578. The molecule has 0 unspecified atom stereocenters. The molecule has 0 spiro atoms. The monoisotopic (exact) mass is 207 g/mol. The van der Waals surface area contributed by atoms with Gasteiger partial charge < -0.3 is 5.73 Å². The molecule has 0 heterocycles. The van der Waals surface area contributed by atoms with Gasteiger partial charge in [0.25, 0.3) is 0 Å². The maximum absolute atomic E-state index is 6.16. The van der Waals surface area contributed by atoms with Crippen LogP contribution in [0.3, 0.4) is 0 Å². The van der Waals surface area contributed by atoms with Gasteiger partial charge in [-0.1, -0.05) is 48.5 Å². The van der Waals surface area contributed by atoms with Crippen molar-refractivity contribution in [2.75, 3.05) is 0 Å². The minimum absolute atomic E-state index is 0.0578. The Hall–Kier alpha value is -2.04. The van der Waals surface area contributed by atoms with Crippen molar-refractivity contribution >= 4 is 0 Å². The molecular formula is C15H13N. The van der Waals surface area contributed by atoms with Gasteiger partial charge in [0, 0.05) is 0 Å². The maximum atomic E-state index is 6.16. The second-order valence-electron chi connectivity index (χ2n) is 3.65. The molecule has 1 aliphatic carbocycles. The first-order valence-electron chi connectivity index (χ1n) is 5.15. The standard InChI is InChI=1S/C13H11N.C2H2/c14-13-11-7-3-1-5-9(11)10-6-2-4-8-12(10)13;1-2/h1-8,13H,14H2;1-2H. The lowest BCUT2D eigenvalue weighted by Crippen LogP contribution is -2.07. The summed E-state index contributed by atoms with van der Waals surface area (Å²) in [6.07, 6.45) is 8.00. The smallest absolute Gasteiger partial charge is 0.0563 e. The molecule has 78 valence electrons. The Morgan fingerprint density at radius 2 is 1.12 bits per heavy atom. The van der Waals surface area contributed by atoms with E-state index in [9.17, 15) is 0 Å². The van der Waals surface area contributed by atoms with Crippen molar-refractivity contribution in [1.82, 2.24) is 0 Å². The van der Waals surface area contributed by atoms with Crippen molar-refractivity contribution in [3.05, 3.63) is 59.7 Å². The molecule has 3 rings (SSSR count). The van der Waals surface area contributed by atoms with Crippen LogP contribution in [-0.4, -0.2) is 0 Å². The molecule has 0 atom stereocenters. The number of rotatable bonds is 0. The molecule has 0 saturated carbocycles. The van der Waals surface area contributed by atoms with Crippen molar-refractivity contribution in [2.45, 2.75) is 6.04 Å². The lowest BCUT2D eigenvalue weighted by Gasteiger charge is -2.04. The Labute approximate surface area is 95.9 Å². The predicted octanol–water partition coefficient (Wildman–Crippen LogP) is 2.96. The zero-order chi connectivity index (χ0) is 11.5. The van der Waals surface area contributed by atoms with Gasteiger partial charge in [-0.2, -0.15) is 0 Å². The van der Waals surface area contributed by atoms with E-state index in [2.05, 4.69) is 49.2 Å². The van der Waals surface area contributed by atoms with Crippen LogP contribution in [0, 0.1) is 12.8 Å². The quantitative estimate of drug-likeness (QED) is 0.660. The minimum Gasteiger partial charge on any atom is -0.320 e. The Morgan fingerprint density at radius 3 is 1.56 bits per heavy atom. The van der Waals surface area contributed by atoms with Gasteiger partial charge >= 0.3 is 0 Å². The van der Waals surface area contributed by atoms with Crippen molar-refractivity contribution < 1.29 is 0 Å². The molecule has 2 N–H and O–H groups in total. The van der Waals surface area contributed by atoms with Crippen molar-refractivity contribution in [3.63, 3.8) is 0 Å². The highest BCUT2D eigenvalue weighted by Gasteiger charge is 2.24. The molecule has 1 aliphatic rings. The van der Waals surface area contributed by atoms with E-state index in [1.165, 1.54) is 22.3 Å². The SMILES string of the molecule is C#C.NC1c2ccccc2-c2ccccc21. The summed E-state index contributed by atoms with van der Waals surface area (Å²) in [5.74, 6) is 0. The van der Waals surface area contributed by atoms with Gasteiger partial charge in [0.15, 0.2) is 0 Å². The summed E-state index contributed by atoms with van der Waals surface area (Å²) in [5.41, 5.74) is 11.2. The number of benzene rings is 2. The number of hydrogen-bond acceptors (Lipinski definition) is 1. The third-order valence-electron chi connectivity index (χ3n) is 2.88. The lowest BCUT2D eigenvalue weighted by atomic mass is 10.1. The van der Waals surface area contributed by atoms with Crippen LogP contribution < -0.4 is 5.73 Å². The largest absolute Gasteiger partial charge is 0.320 e. The average Bonchev–Trinajstić information content (AvgIpc) is 2.67. The first-order valence-corrected chi connectivity index (χ1v) is 5.15. The summed E-state index contributed by atoms with van der Waals surface area (Å²) in [7, 11) is 0. The fraction of sp³-hybridized carbons (Fsp3) is 0.0667. The van der Waals surface area contributed by atoms with Gasteiger partial charge in [-0.05, 0) is 22.3 Å². The van der Waals surface area contributed by atoms with Gasteiger partial charge in [-0.25, -0.2) is 0 Å². The predicted molar refractivity (Wildman–Crippen MR) is 67.8 cm³/mol. The summed E-state index contributed by atoms with van der Waals surface area (Å²) in [6, 6.07) is 16.8. The molecule has 2 aromatic carbocycles. The number of hydrogen-bond donors (Lipinski definition) is 1. The number of nitrogens with two attached hydrogens (primary N) is 1. The van der Waals surface area contributed by atoms with Gasteiger partial charge in [0.1, 0.15) is 0 Å². The highest BCUT2D eigenvalue weighted by atomic mass is 14.7. The van der Waals surface area contributed by atoms with E-state index in [1.807, 2.05) is 12.1 Å². The Bertz CT molecular complexity index is 480. The van der Waals surface area contributed by atoms with E-state index in [-0.39, 0.29) is 6.04 Å². The van der Waals surface area contributed by atoms with Crippen LogP contribution in [0.4, 0.5) is 0 Å². The summed E-state index contributed by atoms with van der Waals surface area (Å²) in [5, 5.41) is 0. The molecule has 1 heteroatoms.